The molecule has 39 heavy (non-hydrogen) atoms. The number of hydrogen-bond donors (Lipinski definition) is 2. The maximum absolute atomic E-state index is 6.15. The van der Waals surface area contributed by atoms with Crippen LogP contribution in [0.2, 0.25) is 0 Å². The van der Waals surface area contributed by atoms with Gasteiger partial charge in [-0.3, -0.25) is 9.98 Å². The van der Waals surface area contributed by atoms with Crippen LogP contribution in [0.5, 0.6) is 11.5 Å². The van der Waals surface area contributed by atoms with Gasteiger partial charge in [-0.1, -0.05) is 24.3 Å². The van der Waals surface area contributed by atoms with Crippen LogP contribution in [0.15, 0.2) is 87.2 Å². The summed E-state index contributed by atoms with van der Waals surface area (Å²) in [6.07, 6.45) is 1.76. The van der Waals surface area contributed by atoms with Crippen LogP contribution in [0.4, 0.5) is 0 Å². The van der Waals surface area contributed by atoms with Gasteiger partial charge in [-0.25, -0.2) is 0 Å². The fourth-order valence-electron chi connectivity index (χ4n) is 4.08. The lowest BCUT2D eigenvalue weighted by Gasteiger charge is -2.09. The Morgan fingerprint density at radius 2 is 1.33 bits per heavy atom. The first kappa shape index (κ1) is 27.8. The fourth-order valence-corrected chi connectivity index (χ4v) is 4.08. The summed E-state index contributed by atoms with van der Waals surface area (Å²) in [6.45, 7) is 9.23. The predicted molar refractivity (Wildman–Crippen MR) is 160 cm³/mol. The minimum atomic E-state index is 0.135. The zero-order valence-electron chi connectivity index (χ0n) is 23.2. The van der Waals surface area contributed by atoms with Crippen LogP contribution in [0.1, 0.15) is 51.7 Å². The molecule has 1 heterocycles. The van der Waals surface area contributed by atoms with Crippen molar-refractivity contribution in [3.8, 4) is 22.8 Å². The molecule has 0 radical (unpaired) electrons. The van der Waals surface area contributed by atoms with Crippen molar-refractivity contribution in [2.24, 2.45) is 21.5 Å². The highest BCUT2D eigenvalue weighted by Crippen LogP contribution is 2.30. The summed E-state index contributed by atoms with van der Waals surface area (Å²) in [4.78, 5) is 8.80. The van der Waals surface area contributed by atoms with Crippen LogP contribution in [-0.2, 0) is 0 Å². The summed E-state index contributed by atoms with van der Waals surface area (Å²) in [5.74, 6) is 3.46. The van der Waals surface area contributed by atoms with Crippen molar-refractivity contribution in [2.45, 2.75) is 52.6 Å². The number of hydrogen-bond acceptors (Lipinski definition) is 5. The average molecular weight is 527 g/mol. The molecule has 0 aliphatic rings. The van der Waals surface area contributed by atoms with Crippen LogP contribution < -0.4 is 20.9 Å². The van der Waals surface area contributed by atoms with E-state index in [2.05, 4.69) is 9.98 Å². The van der Waals surface area contributed by atoms with E-state index >= 15 is 0 Å². The molecule has 0 bridgehead atoms. The van der Waals surface area contributed by atoms with Crippen LogP contribution in [0.25, 0.3) is 22.3 Å². The Balaban J connectivity index is 1.26. The van der Waals surface area contributed by atoms with Crippen molar-refractivity contribution in [3.05, 3.63) is 83.9 Å². The summed E-state index contributed by atoms with van der Waals surface area (Å²) in [5, 5.41) is 1.01. The van der Waals surface area contributed by atoms with E-state index in [4.69, 9.17) is 25.4 Å². The van der Waals surface area contributed by atoms with Crippen molar-refractivity contribution in [1.29, 1.82) is 0 Å². The number of rotatable bonds is 12. The van der Waals surface area contributed by atoms with Crippen molar-refractivity contribution >= 4 is 22.6 Å². The zero-order chi connectivity index (χ0) is 27.8. The molecule has 204 valence electrons. The number of aliphatic imine (C=N–C) groups is 2. The van der Waals surface area contributed by atoms with E-state index in [1.54, 1.807) is 0 Å². The van der Waals surface area contributed by atoms with Crippen LogP contribution >= 0.6 is 0 Å². The molecule has 7 heteroatoms. The highest BCUT2D eigenvalue weighted by Gasteiger charge is 2.10. The number of nitrogens with two attached hydrogens (primary N) is 2. The highest BCUT2D eigenvalue weighted by atomic mass is 16.5. The molecule has 0 aliphatic carbocycles. The van der Waals surface area contributed by atoms with Crippen LogP contribution in [0.3, 0.4) is 0 Å². The normalized spacial score (nSPS) is 12.5. The molecule has 1 aromatic heterocycles. The van der Waals surface area contributed by atoms with E-state index in [0.717, 1.165) is 57.8 Å². The maximum Gasteiger partial charge on any atom is 0.135 e. The van der Waals surface area contributed by atoms with Gasteiger partial charge in [0.05, 0.1) is 13.2 Å². The van der Waals surface area contributed by atoms with Gasteiger partial charge in [0, 0.05) is 34.2 Å². The molecule has 0 atom stereocenters. The molecule has 0 amide bonds. The first-order valence-corrected chi connectivity index (χ1v) is 13.5. The van der Waals surface area contributed by atoms with E-state index < -0.39 is 0 Å². The maximum atomic E-state index is 6.15. The van der Waals surface area contributed by atoms with Gasteiger partial charge in [-0.05, 0) is 89.1 Å². The number of unbranched alkanes of at least 4 members (excludes halogenated alkanes) is 1. The SMILES string of the molecule is CC(C)N=C(N)c1ccc(OCCCCOc2cccc(-c3cc4ccc(C(N)=NC(C)C)cc4o3)c2)cc1. The van der Waals surface area contributed by atoms with Gasteiger partial charge in [0.25, 0.3) is 0 Å². The van der Waals surface area contributed by atoms with Crippen molar-refractivity contribution in [1.82, 2.24) is 0 Å². The summed E-state index contributed by atoms with van der Waals surface area (Å²) in [6, 6.07) is 23.9. The smallest absolute Gasteiger partial charge is 0.135 e. The number of furan rings is 1. The lowest BCUT2D eigenvalue weighted by molar-refractivity contribution is 0.266. The third-order valence-electron chi connectivity index (χ3n) is 5.96. The highest BCUT2D eigenvalue weighted by molar-refractivity contribution is 6.00. The van der Waals surface area contributed by atoms with Crippen LogP contribution in [-0.4, -0.2) is 37.0 Å². The first-order chi connectivity index (χ1) is 18.8. The Morgan fingerprint density at radius 1 is 0.718 bits per heavy atom. The van der Waals surface area contributed by atoms with Crippen molar-refractivity contribution < 1.29 is 13.9 Å². The molecule has 0 unspecified atom stereocenters. The van der Waals surface area contributed by atoms with E-state index in [1.165, 1.54) is 0 Å². The fraction of sp³-hybridized carbons (Fsp3) is 0.312. The Bertz CT molecular complexity index is 1440. The summed E-state index contributed by atoms with van der Waals surface area (Å²) < 4.78 is 18.0. The third kappa shape index (κ3) is 7.87. The monoisotopic (exact) mass is 526 g/mol. The molecule has 0 saturated heterocycles. The molecule has 0 aliphatic heterocycles. The van der Waals surface area contributed by atoms with Crippen molar-refractivity contribution in [3.63, 3.8) is 0 Å². The Labute approximate surface area is 230 Å². The van der Waals surface area contributed by atoms with Gasteiger partial charge in [-0.15, -0.1) is 0 Å². The molecule has 4 rings (SSSR count). The van der Waals surface area contributed by atoms with Gasteiger partial charge in [-0.2, -0.15) is 0 Å². The molecule has 3 aromatic carbocycles. The zero-order valence-corrected chi connectivity index (χ0v) is 23.2. The topological polar surface area (TPSA) is 108 Å². The number of benzene rings is 3. The Hall–Kier alpha value is -4.26. The molecule has 0 spiro atoms. The van der Waals surface area contributed by atoms with Gasteiger partial charge in [0.1, 0.15) is 34.5 Å². The van der Waals surface area contributed by atoms with E-state index in [0.29, 0.717) is 24.9 Å². The van der Waals surface area contributed by atoms with Gasteiger partial charge < -0.3 is 25.4 Å². The van der Waals surface area contributed by atoms with Crippen LogP contribution in [0, 0.1) is 0 Å². The number of fused-ring (bicyclic) bond motifs is 1. The molecule has 7 nitrogen and oxygen atoms in total. The molecular weight excluding hydrogens is 488 g/mol. The second-order valence-corrected chi connectivity index (χ2v) is 10.0. The molecule has 0 fully saturated rings. The second-order valence-electron chi connectivity index (χ2n) is 10.0. The van der Waals surface area contributed by atoms with Gasteiger partial charge >= 0.3 is 0 Å². The Kier molecular flexibility index (Phi) is 9.26. The number of nitrogens with zero attached hydrogens (tertiary/aromatic N) is 2. The lowest BCUT2D eigenvalue weighted by Crippen LogP contribution is -2.15. The quantitative estimate of drug-likeness (QED) is 0.123. The molecular formula is C32H38N4O3. The minimum Gasteiger partial charge on any atom is -0.494 e. The standard InChI is InChI=1S/C32H38N4O3/c1-21(2)35-31(33)23-12-14-27(15-13-23)37-16-5-6-17-38-28-9-7-8-24(18-28)29-19-25-10-11-26(20-30(25)39-29)32(34)36-22(3)4/h7-15,18-22H,5-6,16-17H2,1-4H3,(H2,33,35)(H2,34,36). The minimum absolute atomic E-state index is 0.135. The largest absolute Gasteiger partial charge is 0.494 e. The summed E-state index contributed by atoms with van der Waals surface area (Å²) in [7, 11) is 0. The van der Waals surface area contributed by atoms with Gasteiger partial charge in [0.15, 0.2) is 0 Å². The lowest BCUT2D eigenvalue weighted by atomic mass is 10.1. The van der Waals surface area contributed by atoms with E-state index in [-0.39, 0.29) is 12.1 Å². The summed E-state index contributed by atoms with van der Waals surface area (Å²) >= 11 is 0. The summed E-state index contributed by atoms with van der Waals surface area (Å²) in [5.41, 5.74) is 15.6. The van der Waals surface area contributed by atoms with E-state index in [9.17, 15) is 0 Å². The first-order valence-electron chi connectivity index (χ1n) is 13.5. The number of amidine groups is 2. The molecule has 4 N–H and O–H groups in total. The molecule has 0 saturated carbocycles. The second kappa shape index (κ2) is 13.0. The Morgan fingerprint density at radius 3 is 2.00 bits per heavy atom. The number of ether oxygens (including phenoxy) is 2. The molecule has 4 aromatic rings. The average Bonchev–Trinajstić information content (AvgIpc) is 3.34. The van der Waals surface area contributed by atoms with E-state index in [1.807, 2.05) is 100 Å². The predicted octanol–water partition coefficient (Wildman–Crippen LogP) is 6.57. The third-order valence-corrected chi connectivity index (χ3v) is 5.96. The van der Waals surface area contributed by atoms with Gasteiger partial charge in [0.2, 0.25) is 0 Å². The van der Waals surface area contributed by atoms with Crippen molar-refractivity contribution in [2.75, 3.05) is 13.2 Å².